The van der Waals surface area contributed by atoms with Crippen molar-refractivity contribution in [3.63, 3.8) is 0 Å². The van der Waals surface area contributed by atoms with Gasteiger partial charge >= 0.3 is 12.0 Å². The van der Waals surface area contributed by atoms with E-state index in [1.807, 2.05) is 13.0 Å². The number of halogens is 1. The van der Waals surface area contributed by atoms with Crippen LogP contribution in [0.4, 0.5) is 10.5 Å². The number of imide groups is 1. The second-order valence-electron chi connectivity index (χ2n) is 7.22. The Hall–Kier alpha value is -3.20. The molecule has 3 rings (SSSR count). The first-order valence-corrected chi connectivity index (χ1v) is 10.5. The van der Waals surface area contributed by atoms with Crippen LogP contribution in [0.2, 0.25) is 0 Å². The van der Waals surface area contributed by atoms with E-state index in [0.717, 1.165) is 15.8 Å². The zero-order chi connectivity index (χ0) is 22.6. The monoisotopic (exact) mass is 487 g/mol. The van der Waals surface area contributed by atoms with Gasteiger partial charge in [-0.1, -0.05) is 35.0 Å². The van der Waals surface area contributed by atoms with Crippen LogP contribution < -0.4 is 10.6 Å². The number of amides is 4. The number of esters is 1. The molecule has 1 heterocycles. The molecule has 4 amide bonds. The highest BCUT2D eigenvalue weighted by Gasteiger charge is 2.49. The standard InChI is InChI=1S/C22H22BrN3O5/c1-3-11-31-19(28)14-7-9-17(10-8-14)24-18(27)13-26-20(29)22(2,25-21(26)30)15-5-4-6-16(23)12-15/h4-10,12H,3,11,13H2,1-2H3,(H,24,27)(H,25,30). The van der Waals surface area contributed by atoms with Gasteiger partial charge in [-0.05, 0) is 55.3 Å². The number of carbonyl (C=O) groups excluding carboxylic acids is 4. The van der Waals surface area contributed by atoms with E-state index < -0.39 is 35.9 Å². The fourth-order valence-corrected chi connectivity index (χ4v) is 3.55. The van der Waals surface area contributed by atoms with Gasteiger partial charge in [0.15, 0.2) is 0 Å². The van der Waals surface area contributed by atoms with Crippen LogP contribution in [-0.2, 0) is 19.9 Å². The number of rotatable bonds is 7. The Labute approximate surface area is 188 Å². The smallest absolute Gasteiger partial charge is 0.338 e. The van der Waals surface area contributed by atoms with E-state index in [0.29, 0.717) is 23.4 Å². The Morgan fingerprint density at radius 2 is 1.87 bits per heavy atom. The Balaban J connectivity index is 1.65. The minimum absolute atomic E-state index is 0.335. The summed E-state index contributed by atoms with van der Waals surface area (Å²) < 4.78 is 5.83. The van der Waals surface area contributed by atoms with Gasteiger partial charge in [0, 0.05) is 10.2 Å². The second kappa shape index (κ2) is 9.30. The van der Waals surface area contributed by atoms with E-state index >= 15 is 0 Å². The normalized spacial score (nSPS) is 18.0. The van der Waals surface area contributed by atoms with Gasteiger partial charge in [-0.15, -0.1) is 0 Å². The molecule has 0 bridgehead atoms. The fourth-order valence-electron chi connectivity index (χ4n) is 3.15. The summed E-state index contributed by atoms with van der Waals surface area (Å²) >= 11 is 3.36. The molecule has 0 aliphatic carbocycles. The lowest BCUT2D eigenvalue weighted by molar-refractivity contribution is -0.133. The van der Waals surface area contributed by atoms with Crippen LogP contribution >= 0.6 is 15.9 Å². The number of hydrogen-bond acceptors (Lipinski definition) is 5. The zero-order valence-electron chi connectivity index (χ0n) is 17.1. The molecular weight excluding hydrogens is 466 g/mol. The number of carbonyl (C=O) groups is 4. The molecule has 2 aromatic rings. The van der Waals surface area contributed by atoms with Crippen LogP contribution in [0.3, 0.4) is 0 Å². The van der Waals surface area contributed by atoms with Gasteiger partial charge in [0.2, 0.25) is 5.91 Å². The van der Waals surface area contributed by atoms with Crippen molar-refractivity contribution >= 4 is 45.4 Å². The lowest BCUT2D eigenvalue weighted by Crippen LogP contribution is -2.42. The van der Waals surface area contributed by atoms with Gasteiger partial charge < -0.3 is 15.4 Å². The molecule has 0 aromatic heterocycles. The van der Waals surface area contributed by atoms with Crippen molar-refractivity contribution < 1.29 is 23.9 Å². The number of hydrogen-bond donors (Lipinski definition) is 2. The molecule has 1 fully saturated rings. The van der Waals surface area contributed by atoms with Crippen LogP contribution in [0, 0.1) is 0 Å². The molecule has 9 heteroatoms. The molecule has 1 saturated heterocycles. The van der Waals surface area contributed by atoms with Crippen molar-refractivity contribution in [2.24, 2.45) is 0 Å². The molecule has 162 valence electrons. The van der Waals surface area contributed by atoms with Gasteiger partial charge in [0.05, 0.1) is 12.2 Å². The highest BCUT2D eigenvalue weighted by Crippen LogP contribution is 2.30. The molecule has 2 N–H and O–H groups in total. The number of benzene rings is 2. The van der Waals surface area contributed by atoms with Gasteiger partial charge in [-0.3, -0.25) is 14.5 Å². The summed E-state index contributed by atoms with van der Waals surface area (Å²) in [6.07, 6.45) is 0.725. The summed E-state index contributed by atoms with van der Waals surface area (Å²) in [6.45, 7) is 3.40. The lowest BCUT2D eigenvalue weighted by Gasteiger charge is -2.22. The number of nitrogens with zero attached hydrogens (tertiary/aromatic N) is 1. The summed E-state index contributed by atoms with van der Waals surface area (Å²) in [6, 6.07) is 12.6. The predicted molar refractivity (Wildman–Crippen MR) is 117 cm³/mol. The second-order valence-corrected chi connectivity index (χ2v) is 8.13. The predicted octanol–water partition coefficient (Wildman–Crippen LogP) is 3.42. The van der Waals surface area contributed by atoms with Crippen molar-refractivity contribution in [2.45, 2.75) is 25.8 Å². The van der Waals surface area contributed by atoms with E-state index in [2.05, 4.69) is 26.6 Å². The third-order valence-corrected chi connectivity index (χ3v) is 5.31. The highest BCUT2D eigenvalue weighted by molar-refractivity contribution is 9.10. The number of urea groups is 1. The highest BCUT2D eigenvalue weighted by atomic mass is 79.9. The Morgan fingerprint density at radius 1 is 1.16 bits per heavy atom. The molecule has 8 nitrogen and oxygen atoms in total. The van der Waals surface area contributed by atoms with Crippen molar-refractivity contribution in [1.29, 1.82) is 0 Å². The average molecular weight is 488 g/mol. The van der Waals surface area contributed by atoms with Gasteiger partial charge in [-0.2, -0.15) is 0 Å². The zero-order valence-corrected chi connectivity index (χ0v) is 18.7. The van der Waals surface area contributed by atoms with Crippen molar-refractivity contribution in [2.75, 3.05) is 18.5 Å². The van der Waals surface area contributed by atoms with E-state index in [9.17, 15) is 19.2 Å². The molecule has 0 saturated carbocycles. The van der Waals surface area contributed by atoms with Crippen LogP contribution in [0.1, 0.15) is 36.2 Å². The first-order chi connectivity index (χ1) is 14.7. The average Bonchev–Trinajstić information content (AvgIpc) is 2.96. The minimum atomic E-state index is -1.26. The number of ether oxygens (including phenoxy) is 1. The third kappa shape index (κ3) is 4.93. The lowest BCUT2D eigenvalue weighted by atomic mass is 9.92. The number of anilines is 1. The summed E-state index contributed by atoms with van der Waals surface area (Å²) in [5.74, 6) is -1.49. The molecular formula is C22H22BrN3O5. The van der Waals surface area contributed by atoms with E-state index in [4.69, 9.17) is 4.74 Å². The van der Waals surface area contributed by atoms with E-state index in [-0.39, 0.29) is 0 Å². The summed E-state index contributed by atoms with van der Waals surface area (Å²) in [5, 5.41) is 5.29. The van der Waals surface area contributed by atoms with Gasteiger partial charge in [0.1, 0.15) is 12.1 Å². The first-order valence-electron chi connectivity index (χ1n) is 9.72. The van der Waals surface area contributed by atoms with Crippen molar-refractivity contribution in [3.05, 3.63) is 64.1 Å². The molecule has 2 aromatic carbocycles. The SMILES string of the molecule is CCCOC(=O)c1ccc(NC(=O)CN2C(=O)NC(C)(c3cccc(Br)c3)C2=O)cc1. The maximum atomic E-state index is 12.9. The van der Waals surface area contributed by atoms with Crippen molar-refractivity contribution in [3.8, 4) is 0 Å². The molecule has 0 radical (unpaired) electrons. The third-order valence-electron chi connectivity index (χ3n) is 4.82. The van der Waals surface area contributed by atoms with Crippen LogP contribution in [0.5, 0.6) is 0 Å². The Kier molecular flexibility index (Phi) is 6.74. The molecule has 0 spiro atoms. The van der Waals surface area contributed by atoms with Gasteiger partial charge in [-0.25, -0.2) is 9.59 Å². The topological polar surface area (TPSA) is 105 Å². The molecule has 1 aliphatic rings. The molecule has 1 unspecified atom stereocenters. The van der Waals surface area contributed by atoms with Crippen LogP contribution in [-0.4, -0.2) is 41.9 Å². The summed E-state index contributed by atoms with van der Waals surface area (Å²) in [4.78, 5) is 50.5. The van der Waals surface area contributed by atoms with E-state index in [1.165, 1.54) is 12.1 Å². The Morgan fingerprint density at radius 3 is 2.52 bits per heavy atom. The van der Waals surface area contributed by atoms with E-state index in [1.54, 1.807) is 37.3 Å². The van der Waals surface area contributed by atoms with Gasteiger partial charge in [0.25, 0.3) is 5.91 Å². The Bertz CT molecular complexity index is 1020. The summed E-state index contributed by atoms with van der Waals surface area (Å²) in [7, 11) is 0. The van der Waals surface area contributed by atoms with Crippen LogP contribution in [0.15, 0.2) is 53.0 Å². The minimum Gasteiger partial charge on any atom is -0.462 e. The fraction of sp³-hybridized carbons (Fsp3) is 0.273. The molecule has 1 aliphatic heterocycles. The first kappa shape index (κ1) is 22.5. The maximum absolute atomic E-state index is 12.9. The largest absolute Gasteiger partial charge is 0.462 e. The van der Waals surface area contributed by atoms with Crippen LogP contribution in [0.25, 0.3) is 0 Å². The quantitative estimate of drug-likeness (QED) is 0.459. The molecule has 31 heavy (non-hydrogen) atoms. The maximum Gasteiger partial charge on any atom is 0.338 e. The number of nitrogens with one attached hydrogen (secondary N) is 2. The van der Waals surface area contributed by atoms with Crippen molar-refractivity contribution in [1.82, 2.24) is 10.2 Å². The summed E-state index contributed by atoms with van der Waals surface area (Å²) in [5.41, 5.74) is 0.139. The molecule has 1 atom stereocenters.